The van der Waals surface area contributed by atoms with Crippen molar-refractivity contribution in [3.8, 4) is 0 Å². The van der Waals surface area contributed by atoms with Crippen LogP contribution < -0.4 is 5.73 Å². The lowest BCUT2D eigenvalue weighted by atomic mass is 10.1. The van der Waals surface area contributed by atoms with Gasteiger partial charge in [-0.05, 0) is 37.5 Å². The molecule has 0 radical (unpaired) electrons. The summed E-state index contributed by atoms with van der Waals surface area (Å²) in [6.45, 7) is 4.89. The van der Waals surface area contributed by atoms with Crippen LogP contribution in [0.5, 0.6) is 0 Å². The second-order valence-corrected chi connectivity index (χ2v) is 4.96. The summed E-state index contributed by atoms with van der Waals surface area (Å²) in [5.41, 5.74) is 5.83. The van der Waals surface area contributed by atoms with E-state index >= 15 is 0 Å². The Hall–Kier alpha value is -0.570. The highest BCUT2D eigenvalue weighted by molar-refractivity contribution is 5.70. The first-order valence-electron chi connectivity index (χ1n) is 6.00. The Morgan fingerprint density at radius 3 is 2.67 bits per heavy atom. The molecule has 0 aromatic carbocycles. The van der Waals surface area contributed by atoms with Crippen LogP contribution in [-0.4, -0.2) is 18.6 Å². The molecule has 0 bridgehead atoms. The van der Waals surface area contributed by atoms with E-state index < -0.39 is 0 Å². The molecule has 0 aromatic rings. The van der Waals surface area contributed by atoms with Crippen LogP contribution in [0, 0.1) is 11.8 Å². The van der Waals surface area contributed by atoms with Gasteiger partial charge in [0.1, 0.15) is 0 Å². The van der Waals surface area contributed by atoms with E-state index in [-0.39, 0.29) is 12.0 Å². The van der Waals surface area contributed by atoms with Crippen LogP contribution in [0.2, 0.25) is 0 Å². The lowest BCUT2D eigenvalue weighted by Gasteiger charge is -2.10. The average Bonchev–Trinajstić information content (AvgIpc) is 2.94. The summed E-state index contributed by atoms with van der Waals surface area (Å²) in [5, 5.41) is 0. The van der Waals surface area contributed by atoms with E-state index in [1.165, 1.54) is 12.8 Å². The van der Waals surface area contributed by atoms with E-state index in [9.17, 15) is 4.79 Å². The third-order valence-electron chi connectivity index (χ3n) is 2.82. The fourth-order valence-corrected chi connectivity index (χ4v) is 1.62. The topological polar surface area (TPSA) is 52.3 Å². The van der Waals surface area contributed by atoms with Gasteiger partial charge in [0.2, 0.25) is 0 Å². The summed E-state index contributed by atoms with van der Waals surface area (Å²) >= 11 is 0. The molecule has 1 unspecified atom stereocenters. The first-order chi connectivity index (χ1) is 7.09. The highest BCUT2D eigenvalue weighted by Crippen LogP contribution is 2.32. The lowest BCUT2D eigenvalue weighted by molar-refractivity contribution is -0.144. The molecule has 0 aliphatic heterocycles. The zero-order valence-corrected chi connectivity index (χ0v) is 9.87. The van der Waals surface area contributed by atoms with Gasteiger partial charge in [-0.3, -0.25) is 4.79 Å². The molecule has 0 aromatic heterocycles. The van der Waals surface area contributed by atoms with E-state index in [0.717, 1.165) is 12.8 Å². The Kier molecular flexibility index (Phi) is 5.09. The number of nitrogens with two attached hydrogens (primary N) is 1. The molecule has 2 N–H and O–H groups in total. The van der Waals surface area contributed by atoms with Crippen molar-refractivity contribution in [2.45, 2.75) is 52.0 Å². The van der Waals surface area contributed by atoms with Crippen LogP contribution in [0.4, 0.5) is 0 Å². The molecule has 0 spiro atoms. The molecule has 3 nitrogen and oxygen atoms in total. The van der Waals surface area contributed by atoms with Gasteiger partial charge < -0.3 is 10.5 Å². The van der Waals surface area contributed by atoms with E-state index in [0.29, 0.717) is 24.9 Å². The number of rotatable bonds is 7. The van der Waals surface area contributed by atoms with Gasteiger partial charge in [-0.1, -0.05) is 13.8 Å². The van der Waals surface area contributed by atoms with Crippen molar-refractivity contribution in [2.24, 2.45) is 17.6 Å². The summed E-state index contributed by atoms with van der Waals surface area (Å²) in [6, 6.07) is 0.0302. The van der Waals surface area contributed by atoms with Crippen LogP contribution in [0.25, 0.3) is 0 Å². The summed E-state index contributed by atoms with van der Waals surface area (Å²) in [5.74, 6) is 1.13. The van der Waals surface area contributed by atoms with Gasteiger partial charge >= 0.3 is 5.97 Å². The Balaban J connectivity index is 1.97. The van der Waals surface area contributed by atoms with E-state index in [1.807, 2.05) is 0 Å². The fraction of sp³-hybridized carbons (Fsp3) is 0.917. The van der Waals surface area contributed by atoms with E-state index in [4.69, 9.17) is 10.5 Å². The van der Waals surface area contributed by atoms with Gasteiger partial charge in [0.15, 0.2) is 0 Å². The molecule has 3 heteroatoms. The summed E-state index contributed by atoms with van der Waals surface area (Å²) < 4.78 is 5.12. The van der Waals surface area contributed by atoms with Crippen LogP contribution >= 0.6 is 0 Å². The largest absolute Gasteiger partial charge is 0.466 e. The van der Waals surface area contributed by atoms with Crippen molar-refractivity contribution < 1.29 is 9.53 Å². The molecular weight excluding hydrogens is 190 g/mol. The van der Waals surface area contributed by atoms with E-state index in [2.05, 4.69) is 13.8 Å². The minimum Gasteiger partial charge on any atom is -0.466 e. The molecule has 1 saturated carbocycles. The number of esters is 1. The summed E-state index contributed by atoms with van der Waals surface area (Å²) in [4.78, 5) is 11.3. The summed E-state index contributed by atoms with van der Waals surface area (Å²) in [7, 11) is 0. The molecular formula is C12H23NO2. The maximum atomic E-state index is 11.3. The molecule has 0 saturated heterocycles. The smallest absolute Gasteiger partial charge is 0.307 e. The third-order valence-corrected chi connectivity index (χ3v) is 2.82. The van der Waals surface area contributed by atoms with Crippen LogP contribution in [0.3, 0.4) is 0 Å². The number of ether oxygens (including phenoxy) is 1. The number of hydrogen-bond acceptors (Lipinski definition) is 3. The van der Waals surface area contributed by atoms with Crippen LogP contribution in [0.15, 0.2) is 0 Å². The Bertz CT molecular complexity index is 200. The molecule has 88 valence electrons. The fourth-order valence-electron chi connectivity index (χ4n) is 1.62. The van der Waals surface area contributed by atoms with Crippen molar-refractivity contribution in [1.29, 1.82) is 0 Å². The van der Waals surface area contributed by atoms with Gasteiger partial charge in [-0.2, -0.15) is 0 Å². The standard InChI is InChI=1S/C12H23NO2/c1-9(2)4-3-7-15-12(14)8-11(13)10-5-6-10/h9-11H,3-8,13H2,1-2H3. The minimum atomic E-state index is -0.127. The van der Waals surface area contributed by atoms with Crippen molar-refractivity contribution in [2.75, 3.05) is 6.61 Å². The average molecular weight is 213 g/mol. The molecule has 1 atom stereocenters. The van der Waals surface area contributed by atoms with Gasteiger partial charge in [-0.15, -0.1) is 0 Å². The van der Waals surface area contributed by atoms with Crippen molar-refractivity contribution in [3.05, 3.63) is 0 Å². The molecule has 1 rings (SSSR count). The quantitative estimate of drug-likeness (QED) is 0.520. The Morgan fingerprint density at radius 2 is 2.13 bits per heavy atom. The Morgan fingerprint density at radius 1 is 1.47 bits per heavy atom. The second-order valence-electron chi connectivity index (χ2n) is 4.96. The zero-order valence-electron chi connectivity index (χ0n) is 9.87. The lowest BCUT2D eigenvalue weighted by Crippen LogP contribution is -2.27. The third kappa shape index (κ3) is 5.78. The first-order valence-corrected chi connectivity index (χ1v) is 6.00. The zero-order chi connectivity index (χ0) is 11.3. The van der Waals surface area contributed by atoms with Crippen molar-refractivity contribution >= 4 is 5.97 Å². The number of carbonyl (C=O) groups excluding carboxylic acids is 1. The van der Waals surface area contributed by atoms with Crippen molar-refractivity contribution in [1.82, 2.24) is 0 Å². The molecule has 1 fully saturated rings. The molecule has 0 heterocycles. The van der Waals surface area contributed by atoms with Gasteiger partial charge in [0, 0.05) is 6.04 Å². The Labute approximate surface area is 92.4 Å². The number of carbonyl (C=O) groups is 1. The highest BCUT2D eigenvalue weighted by atomic mass is 16.5. The minimum absolute atomic E-state index is 0.0302. The SMILES string of the molecule is CC(C)CCCOC(=O)CC(N)C1CC1. The van der Waals surface area contributed by atoms with Crippen molar-refractivity contribution in [3.63, 3.8) is 0 Å². The second kappa shape index (κ2) is 6.11. The predicted octanol–water partition coefficient (Wildman–Crippen LogP) is 2.09. The molecule has 1 aliphatic rings. The van der Waals surface area contributed by atoms with Crippen LogP contribution in [-0.2, 0) is 9.53 Å². The maximum Gasteiger partial charge on any atom is 0.307 e. The monoisotopic (exact) mass is 213 g/mol. The normalized spacial score (nSPS) is 17.9. The molecule has 15 heavy (non-hydrogen) atoms. The summed E-state index contributed by atoms with van der Waals surface area (Å²) in [6.07, 6.45) is 4.83. The van der Waals surface area contributed by atoms with Crippen LogP contribution in [0.1, 0.15) is 46.0 Å². The van der Waals surface area contributed by atoms with Gasteiger partial charge in [-0.25, -0.2) is 0 Å². The molecule has 0 amide bonds. The maximum absolute atomic E-state index is 11.3. The molecule has 1 aliphatic carbocycles. The predicted molar refractivity (Wildman–Crippen MR) is 60.3 cm³/mol. The first kappa shape index (κ1) is 12.5. The van der Waals surface area contributed by atoms with E-state index in [1.54, 1.807) is 0 Å². The number of hydrogen-bond donors (Lipinski definition) is 1. The van der Waals surface area contributed by atoms with Gasteiger partial charge in [0.05, 0.1) is 13.0 Å². The van der Waals surface area contributed by atoms with Gasteiger partial charge in [0.25, 0.3) is 0 Å². The highest BCUT2D eigenvalue weighted by Gasteiger charge is 2.30.